The predicted molar refractivity (Wildman–Crippen MR) is 109 cm³/mol. The number of imidazole rings is 1. The third kappa shape index (κ3) is 3.60. The van der Waals surface area contributed by atoms with Gasteiger partial charge in [-0.05, 0) is 24.3 Å². The molecule has 11 heteroatoms. The van der Waals surface area contributed by atoms with Crippen molar-refractivity contribution in [2.75, 3.05) is 0 Å². The van der Waals surface area contributed by atoms with E-state index in [9.17, 15) is 18.9 Å². The van der Waals surface area contributed by atoms with Gasteiger partial charge in [-0.2, -0.15) is 5.10 Å². The number of fused-ring (bicyclic) bond motifs is 1. The fraction of sp³-hybridized carbons (Fsp3) is 0.0952. The summed E-state index contributed by atoms with van der Waals surface area (Å²) in [6, 6.07) is 11.6. The van der Waals surface area contributed by atoms with Crippen LogP contribution in [0.3, 0.4) is 0 Å². The van der Waals surface area contributed by atoms with E-state index in [4.69, 9.17) is 4.52 Å². The average Bonchev–Trinajstić information content (AvgIpc) is 3.42. The van der Waals surface area contributed by atoms with Gasteiger partial charge in [-0.25, -0.2) is 13.8 Å². The number of nitrogens with one attached hydrogen (secondary N) is 1. The first-order valence-corrected chi connectivity index (χ1v) is 9.50. The standard InChI is InChI=1S/C21H14F2N6O3/c22-16-3-1-2-15(20(16)23)21-25-18-9-24-28(11-19(18)26-21)10-14-8-17(27-32-14)12-4-6-13(7-5-12)29(30)31/h1-9H,10-11H2,(H,25,26). The Labute approximate surface area is 179 Å². The van der Waals surface area contributed by atoms with Gasteiger partial charge in [-0.3, -0.25) is 15.1 Å². The van der Waals surface area contributed by atoms with E-state index in [1.54, 1.807) is 29.4 Å². The summed E-state index contributed by atoms with van der Waals surface area (Å²) in [6.45, 7) is 0.624. The molecule has 32 heavy (non-hydrogen) atoms. The van der Waals surface area contributed by atoms with Crippen molar-refractivity contribution < 1.29 is 18.2 Å². The molecule has 160 valence electrons. The Hall–Kier alpha value is -4.41. The number of non-ortho nitro benzene ring substituents is 1. The topological polar surface area (TPSA) is 113 Å². The van der Waals surface area contributed by atoms with Crippen molar-refractivity contribution in [3.05, 3.63) is 87.4 Å². The van der Waals surface area contributed by atoms with Gasteiger partial charge in [0.2, 0.25) is 0 Å². The second-order valence-corrected chi connectivity index (χ2v) is 7.10. The maximum atomic E-state index is 14.1. The molecule has 0 saturated carbocycles. The maximum Gasteiger partial charge on any atom is 0.269 e. The predicted octanol–water partition coefficient (Wildman–Crippen LogP) is 4.27. The van der Waals surface area contributed by atoms with Gasteiger partial charge < -0.3 is 9.51 Å². The summed E-state index contributed by atoms with van der Waals surface area (Å²) < 4.78 is 33.0. The van der Waals surface area contributed by atoms with E-state index in [2.05, 4.69) is 20.2 Å². The zero-order chi connectivity index (χ0) is 22.2. The van der Waals surface area contributed by atoms with Crippen molar-refractivity contribution >= 4 is 11.9 Å². The molecule has 0 atom stereocenters. The van der Waals surface area contributed by atoms with Crippen molar-refractivity contribution in [2.45, 2.75) is 13.1 Å². The lowest BCUT2D eigenvalue weighted by molar-refractivity contribution is -0.384. The third-order valence-corrected chi connectivity index (χ3v) is 4.97. The minimum atomic E-state index is -0.965. The van der Waals surface area contributed by atoms with Gasteiger partial charge in [0.05, 0.1) is 41.2 Å². The van der Waals surface area contributed by atoms with E-state index in [1.165, 1.54) is 24.3 Å². The summed E-state index contributed by atoms with van der Waals surface area (Å²) in [5.74, 6) is -1.15. The lowest BCUT2D eigenvalue weighted by atomic mass is 10.1. The molecular formula is C21H14F2N6O3. The van der Waals surface area contributed by atoms with Crippen molar-refractivity contribution in [3.8, 4) is 22.6 Å². The highest BCUT2D eigenvalue weighted by Gasteiger charge is 2.21. The van der Waals surface area contributed by atoms with Crippen LogP contribution in [0, 0.1) is 21.7 Å². The highest BCUT2D eigenvalue weighted by molar-refractivity contribution is 5.80. The molecule has 1 N–H and O–H groups in total. The largest absolute Gasteiger partial charge is 0.359 e. The van der Waals surface area contributed by atoms with Crippen LogP contribution in [0.15, 0.2) is 58.2 Å². The van der Waals surface area contributed by atoms with Gasteiger partial charge in [0.25, 0.3) is 5.69 Å². The fourth-order valence-electron chi connectivity index (χ4n) is 3.37. The number of hydrogen-bond donors (Lipinski definition) is 1. The van der Waals surface area contributed by atoms with Crippen molar-refractivity contribution in [3.63, 3.8) is 0 Å². The molecule has 5 rings (SSSR count). The number of aromatic amines is 1. The van der Waals surface area contributed by atoms with Crippen molar-refractivity contribution in [2.24, 2.45) is 5.10 Å². The van der Waals surface area contributed by atoms with E-state index in [0.717, 1.165) is 6.07 Å². The number of halogens is 2. The lowest BCUT2D eigenvalue weighted by Crippen LogP contribution is -2.21. The Kier molecular flexibility index (Phi) is 4.70. The van der Waals surface area contributed by atoms with Crippen LogP contribution < -0.4 is 0 Å². The first-order chi connectivity index (χ1) is 15.5. The van der Waals surface area contributed by atoms with Gasteiger partial charge in [0.1, 0.15) is 11.5 Å². The number of benzene rings is 2. The Morgan fingerprint density at radius 3 is 2.78 bits per heavy atom. The normalized spacial score (nSPS) is 12.8. The van der Waals surface area contributed by atoms with E-state index in [1.807, 2.05) is 0 Å². The molecule has 0 fully saturated rings. The first-order valence-electron chi connectivity index (χ1n) is 9.50. The Morgan fingerprint density at radius 1 is 1.19 bits per heavy atom. The van der Waals surface area contributed by atoms with E-state index in [0.29, 0.717) is 41.5 Å². The summed E-state index contributed by atoms with van der Waals surface area (Å²) in [7, 11) is 0. The number of hydrazone groups is 1. The van der Waals surface area contributed by atoms with Crippen LogP contribution in [0.25, 0.3) is 22.6 Å². The van der Waals surface area contributed by atoms with Crippen LogP contribution >= 0.6 is 0 Å². The molecule has 2 aromatic heterocycles. The van der Waals surface area contributed by atoms with Gasteiger partial charge in [-0.1, -0.05) is 11.2 Å². The minimum absolute atomic E-state index is 0.00702. The minimum Gasteiger partial charge on any atom is -0.359 e. The SMILES string of the molecule is O=[N+]([O-])c1ccc(-c2cc(CN3Cc4nc(-c5cccc(F)c5F)[nH]c4C=N3)on2)cc1. The van der Waals surface area contributed by atoms with E-state index >= 15 is 0 Å². The van der Waals surface area contributed by atoms with Gasteiger partial charge in [0, 0.05) is 23.8 Å². The molecule has 0 unspecified atom stereocenters. The zero-order valence-corrected chi connectivity index (χ0v) is 16.3. The van der Waals surface area contributed by atoms with Crippen LogP contribution in [-0.2, 0) is 13.1 Å². The van der Waals surface area contributed by atoms with Crippen LogP contribution in [-0.4, -0.2) is 31.3 Å². The molecule has 0 aliphatic carbocycles. The van der Waals surface area contributed by atoms with E-state index < -0.39 is 16.6 Å². The number of rotatable bonds is 5. The number of aromatic nitrogens is 3. The molecule has 0 spiro atoms. The number of nitro groups is 1. The maximum absolute atomic E-state index is 14.1. The summed E-state index contributed by atoms with van der Waals surface area (Å²) in [5, 5.41) is 20.8. The van der Waals surface area contributed by atoms with Crippen LogP contribution in [0.5, 0.6) is 0 Å². The molecule has 3 heterocycles. The quantitative estimate of drug-likeness (QED) is 0.369. The average molecular weight is 436 g/mol. The van der Waals surface area contributed by atoms with Crippen LogP contribution in [0.2, 0.25) is 0 Å². The number of H-pyrrole nitrogens is 1. The molecule has 0 amide bonds. The Morgan fingerprint density at radius 2 is 2.00 bits per heavy atom. The van der Waals surface area contributed by atoms with Crippen molar-refractivity contribution in [1.82, 2.24) is 20.1 Å². The molecule has 0 radical (unpaired) electrons. The van der Waals surface area contributed by atoms with Crippen LogP contribution in [0.1, 0.15) is 17.1 Å². The fourth-order valence-corrected chi connectivity index (χ4v) is 3.37. The lowest BCUT2D eigenvalue weighted by Gasteiger charge is -2.19. The second-order valence-electron chi connectivity index (χ2n) is 7.10. The summed E-state index contributed by atoms with van der Waals surface area (Å²) >= 11 is 0. The molecule has 0 bridgehead atoms. The smallest absolute Gasteiger partial charge is 0.269 e. The first kappa shape index (κ1) is 19.5. The van der Waals surface area contributed by atoms with E-state index in [-0.39, 0.29) is 17.1 Å². The van der Waals surface area contributed by atoms with Gasteiger partial charge >= 0.3 is 0 Å². The molecule has 9 nitrogen and oxygen atoms in total. The molecule has 1 aliphatic heterocycles. The molecule has 1 aliphatic rings. The summed E-state index contributed by atoms with van der Waals surface area (Å²) in [4.78, 5) is 17.7. The Balaban J connectivity index is 1.30. The molecular weight excluding hydrogens is 422 g/mol. The second kappa shape index (κ2) is 7.69. The third-order valence-electron chi connectivity index (χ3n) is 4.97. The monoisotopic (exact) mass is 436 g/mol. The molecule has 0 saturated heterocycles. The summed E-state index contributed by atoms with van der Waals surface area (Å²) in [6.07, 6.45) is 1.56. The van der Waals surface area contributed by atoms with Crippen LogP contribution in [0.4, 0.5) is 14.5 Å². The number of nitro benzene ring substituents is 1. The van der Waals surface area contributed by atoms with Crippen molar-refractivity contribution in [1.29, 1.82) is 0 Å². The highest BCUT2D eigenvalue weighted by Crippen LogP contribution is 2.26. The van der Waals surface area contributed by atoms with Gasteiger partial charge in [0.15, 0.2) is 17.4 Å². The number of hydrogen-bond acceptors (Lipinski definition) is 7. The number of nitrogens with zero attached hydrogens (tertiary/aromatic N) is 5. The molecule has 2 aromatic carbocycles. The molecule has 4 aromatic rings. The Bertz CT molecular complexity index is 1350. The highest BCUT2D eigenvalue weighted by atomic mass is 19.2. The van der Waals surface area contributed by atoms with Gasteiger partial charge in [-0.15, -0.1) is 0 Å². The zero-order valence-electron chi connectivity index (χ0n) is 16.3. The summed E-state index contributed by atoms with van der Waals surface area (Å²) in [5.41, 5.74) is 2.51.